The summed E-state index contributed by atoms with van der Waals surface area (Å²) in [5.74, 6) is -1.22. The van der Waals surface area contributed by atoms with E-state index in [2.05, 4.69) is 10.4 Å². The van der Waals surface area contributed by atoms with Gasteiger partial charge in [0.2, 0.25) is 11.8 Å². The molecule has 0 spiro atoms. The van der Waals surface area contributed by atoms with Crippen LogP contribution in [0.1, 0.15) is 40.3 Å². The van der Waals surface area contributed by atoms with E-state index in [1.807, 2.05) is 0 Å². The van der Waals surface area contributed by atoms with Gasteiger partial charge in [-0.05, 0) is 41.5 Å². The standard InChI is InChI=1S/C14H22N4O4/c1-8-7-9(16-11(20)14(5,6)10(15)19)17-18(8)12(21)22-13(2,3)4/h7H,1-6H3,(H2,15,19)(H,16,17,20). The van der Waals surface area contributed by atoms with E-state index in [0.717, 1.165) is 4.68 Å². The Balaban J connectivity index is 2.93. The van der Waals surface area contributed by atoms with Gasteiger partial charge < -0.3 is 15.8 Å². The van der Waals surface area contributed by atoms with Crippen molar-refractivity contribution in [2.45, 2.75) is 47.1 Å². The van der Waals surface area contributed by atoms with Gasteiger partial charge in [0.05, 0.1) is 0 Å². The third kappa shape index (κ3) is 4.06. The highest BCUT2D eigenvalue weighted by Crippen LogP contribution is 2.18. The molecule has 0 radical (unpaired) electrons. The largest absolute Gasteiger partial charge is 0.442 e. The van der Waals surface area contributed by atoms with E-state index < -0.39 is 28.9 Å². The Morgan fingerprint density at radius 2 is 1.77 bits per heavy atom. The fraction of sp³-hybridized carbons (Fsp3) is 0.571. The summed E-state index contributed by atoms with van der Waals surface area (Å²) < 4.78 is 6.24. The van der Waals surface area contributed by atoms with Gasteiger partial charge in [-0.3, -0.25) is 9.59 Å². The molecule has 1 aromatic rings. The number of rotatable bonds is 3. The predicted octanol–water partition coefficient (Wildman–Crippen LogP) is 1.42. The van der Waals surface area contributed by atoms with Gasteiger partial charge in [-0.15, -0.1) is 5.10 Å². The van der Waals surface area contributed by atoms with Crippen LogP contribution in [0.4, 0.5) is 10.6 Å². The molecule has 0 unspecified atom stereocenters. The Morgan fingerprint density at radius 1 is 1.23 bits per heavy atom. The highest BCUT2D eigenvalue weighted by atomic mass is 16.6. The molecule has 122 valence electrons. The van der Waals surface area contributed by atoms with Crippen molar-refractivity contribution in [2.75, 3.05) is 5.32 Å². The molecule has 1 heterocycles. The number of carbonyl (C=O) groups excluding carboxylic acids is 3. The summed E-state index contributed by atoms with van der Waals surface area (Å²) in [5, 5.41) is 6.43. The molecule has 2 amide bonds. The van der Waals surface area contributed by atoms with Crippen molar-refractivity contribution in [2.24, 2.45) is 11.1 Å². The van der Waals surface area contributed by atoms with E-state index in [4.69, 9.17) is 10.5 Å². The molecule has 1 rings (SSSR count). The fourth-order valence-electron chi connectivity index (χ4n) is 1.41. The molecule has 0 saturated carbocycles. The lowest BCUT2D eigenvalue weighted by Crippen LogP contribution is -2.42. The Morgan fingerprint density at radius 3 is 2.23 bits per heavy atom. The van der Waals surface area contributed by atoms with Crippen LogP contribution in [0.25, 0.3) is 0 Å². The van der Waals surface area contributed by atoms with Gasteiger partial charge in [-0.2, -0.15) is 4.68 Å². The lowest BCUT2D eigenvalue weighted by atomic mass is 9.91. The number of hydrogen-bond acceptors (Lipinski definition) is 5. The van der Waals surface area contributed by atoms with E-state index in [1.54, 1.807) is 27.7 Å². The molecule has 8 heteroatoms. The number of anilines is 1. The highest BCUT2D eigenvalue weighted by Gasteiger charge is 2.34. The normalized spacial score (nSPS) is 11.9. The smallest absolute Gasteiger partial charge is 0.435 e. The van der Waals surface area contributed by atoms with Gasteiger partial charge in [-0.1, -0.05) is 0 Å². The van der Waals surface area contributed by atoms with Crippen LogP contribution >= 0.6 is 0 Å². The first-order valence-corrected chi connectivity index (χ1v) is 6.76. The molecule has 0 atom stereocenters. The minimum atomic E-state index is -1.39. The minimum absolute atomic E-state index is 0.141. The first-order valence-electron chi connectivity index (χ1n) is 6.76. The van der Waals surface area contributed by atoms with E-state index in [0.29, 0.717) is 5.69 Å². The summed E-state index contributed by atoms with van der Waals surface area (Å²) in [6, 6.07) is 1.50. The summed E-state index contributed by atoms with van der Waals surface area (Å²) in [4.78, 5) is 35.2. The second kappa shape index (κ2) is 5.78. The zero-order valence-corrected chi connectivity index (χ0v) is 13.7. The Hall–Kier alpha value is -2.38. The second-order valence-corrected chi connectivity index (χ2v) is 6.51. The van der Waals surface area contributed by atoms with E-state index in [-0.39, 0.29) is 5.82 Å². The molecule has 0 bridgehead atoms. The molecule has 22 heavy (non-hydrogen) atoms. The molecule has 0 aliphatic rings. The fourth-order valence-corrected chi connectivity index (χ4v) is 1.41. The zero-order chi connectivity index (χ0) is 17.3. The van der Waals surface area contributed by atoms with Crippen molar-refractivity contribution < 1.29 is 19.1 Å². The summed E-state index contributed by atoms with van der Waals surface area (Å²) in [6.07, 6.45) is -0.653. The van der Waals surface area contributed by atoms with Crippen LogP contribution in [0.5, 0.6) is 0 Å². The maximum atomic E-state index is 12.0. The summed E-state index contributed by atoms with van der Waals surface area (Å²) in [6.45, 7) is 9.67. The summed E-state index contributed by atoms with van der Waals surface area (Å²) >= 11 is 0. The number of carbonyl (C=O) groups is 3. The van der Waals surface area contributed by atoms with Gasteiger partial charge in [0.1, 0.15) is 11.0 Å². The lowest BCUT2D eigenvalue weighted by Gasteiger charge is -2.19. The maximum Gasteiger partial charge on any atom is 0.435 e. The minimum Gasteiger partial charge on any atom is -0.442 e. The number of nitrogens with one attached hydrogen (secondary N) is 1. The molecule has 0 saturated heterocycles. The average molecular weight is 310 g/mol. The first-order chi connectivity index (χ1) is 9.84. The number of nitrogens with two attached hydrogens (primary N) is 1. The molecule has 0 aliphatic carbocycles. The number of amides is 2. The number of ether oxygens (including phenoxy) is 1. The van der Waals surface area contributed by atoms with Gasteiger partial charge in [-0.25, -0.2) is 4.79 Å². The Labute approximate surface area is 129 Å². The van der Waals surface area contributed by atoms with Crippen LogP contribution in [-0.2, 0) is 14.3 Å². The van der Waals surface area contributed by atoms with Crippen molar-refractivity contribution in [1.82, 2.24) is 9.78 Å². The molecule has 1 aromatic heterocycles. The van der Waals surface area contributed by atoms with Crippen molar-refractivity contribution in [1.29, 1.82) is 0 Å². The van der Waals surface area contributed by atoms with Gasteiger partial charge >= 0.3 is 6.09 Å². The topological polar surface area (TPSA) is 116 Å². The Kier molecular flexibility index (Phi) is 4.64. The SMILES string of the molecule is Cc1cc(NC(=O)C(C)(C)C(N)=O)nn1C(=O)OC(C)(C)C. The van der Waals surface area contributed by atoms with E-state index in [9.17, 15) is 14.4 Å². The second-order valence-electron chi connectivity index (χ2n) is 6.51. The zero-order valence-electron chi connectivity index (χ0n) is 13.7. The predicted molar refractivity (Wildman–Crippen MR) is 80.2 cm³/mol. The van der Waals surface area contributed by atoms with Crippen LogP contribution in [0.15, 0.2) is 6.07 Å². The third-order valence-electron chi connectivity index (χ3n) is 2.88. The number of nitrogens with zero attached hydrogens (tertiary/aromatic N) is 2. The number of primary amides is 1. The first kappa shape index (κ1) is 17.7. The molecular weight excluding hydrogens is 288 g/mol. The van der Waals surface area contributed by atoms with Crippen molar-refractivity contribution in [3.8, 4) is 0 Å². The average Bonchev–Trinajstić information content (AvgIpc) is 2.67. The van der Waals surface area contributed by atoms with Crippen LogP contribution in [0, 0.1) is 12.3 Å². The van der Waals surface area contributed by atoms with Gasteiger partial charge in [0.25, 0.3) is 0 Å². The van der Waals surface area contributed by atoms with Crippen molar-refractivity contribution >= 4 is 23.7 Å². The maximum absolute atomic E-state index is 12.0. The molecule has 3 N–H and O–H groups in total. The highest BCUT2D eigenvalue weighted by molar-refractivity contribution is 6.09. The third-order valence-corrected chi connectivity index (χ3v) is 2.88. The number of aromatic nitrogens is 2. The van der Waals surface area contributed by atoms with Crippen LogP contribution < -0.4 is 11.1 Å². The van der Waals surface area contributed by atoms with Crippen molar-refractivity contribution in [3.05, 3.63) is 11.8 Å². The van der Waals surface area contributed by atoms with Crippen LogP contribution in [-0.4, -0.2) is 33.3 Å². The monoisotopic (exact) mass is 310 g/mol. The molecular formula is C14H22N4O4. The van der Waals surface area contributed by atoms with Crippen molar-refractivity contribution in [3.63, 3.8) is 0 Å². The lowest BCUT2D eigenvalue weighted by molar-refractivity contribution is -0.136. The number of aryl methyl sites for hydroxylation is 1. The Bertz CT molecular complexity index is 611. The number of hydrogen-bond donors (Lipinski definition) is 2. The molecule has 0 aromatic carbocycles. The quantitative estimate of drug-likeness (QED) is 0.819. The van der Waals surface area contributed by atoms with E-state index in [1.165, 1.54) is 19.9 Å². The van der Waals surface area contributed by atoms with Crippen LogP contribution in [0.3, 0.4) is 0 Å². The summed E-state index contributed by atoms with van der Waals surface area (Å²) in [7, 11) is 0. The van der Waals surface area contributed by atoms with Crippen LogP contribution in [0.2, 0.25) is 0 Å². The molecule has 8 nitrogen and oxygen atoms in total. The summed E-state index contributed by atoms with van der Waals surface area (Å²) in [5.41, 5.74) is 3.62. The molecule has 0 aliphatic heterocycles. The van der Waals surface area contributed by atoms with Gasteiger partial charge in [0.15, 0.2) is 5.82 Å². The van der Waals surface area contributed by atoms with Gasteiger partial charge in [0, 0.05) is 11.8 Å². The molecule has 0 fully saturated rings. The van der Waals surface area contributed by atoms with E-state index >= 15 is 0 Å².